The second-order valence-electron chi connectivity index (χ2n) is 5.49. The van der Waals surface area contributed by atoms with Crippen LogP contribution in [0.25, 0.3) is 0 Å². The second kappa shape index (κ2) is 6.64. The van der Waals surface area contributed by atoms with Gasteiger partial charge in [0.25, 0.3) is 0 Å². The Kier molecular flexibility index (Phi) is 4.86. The molecular weight excluding hydrogens is 262 g/mol. The molecule has 0 saturated heterocycles. The highest BCUT2D eigenvalue weighted by Crippen LogP contribution is 2.35. The van der Waals surface area contributed by atoms with Crippen LogP contribution in [0.1, 0.15) is 43.9 Å². The molecule has 3 heteroatoms. The Labute approximate surface area is 126 Å². The summed E-state index contributed by atoms with van der Waals surface area (Å²) in [6.45, 7) is 6.27. The molecule has 0 radical (unpaired) electrons. The molecule has 2 rings (SSSR count). The van der Waals surface area contributed by atoms with E-state index in [1.165, 1.54) is 5.56 Å². The van der Waals surface area contributed by atoms with E-state index < -0.39 is 0 Å². The first kappa shape index (κ1) is 15.4. The zero-order valence-electron chi connectivity index (χ0n) is 13.1. The third-order valence-corrected chi connectivity index (χ3v) is 3.48. The van der Waals surface area contributed by atoms with E-state index in [1.807, 2.05) is 37.3 Å². The van der Waals surface area contributed by atoms with E-state index in [4.69, 9.17) is 15.2 Å². The monoisotopic (exact) mass is 285 g/mol. The Hall–Kier alpha value is -2.00. The predicted molar refractivity (Wildman–Crippen MR) is 86.2 cm³/mol. The van der Waals surface area contributed by atoms with Crippen LogP contribution in [0.15, 0.2) is 42.5 Å². The Morgan fingerprint density at radius 3 is 2.05 bits per heavy atom. The maximum absolute atomic E-state index is 6.05. The largest absolute Gasteiger partial charge is 0.496 e. The van der Waals surface area contributed by atoms with Crippen molar-refractivity contribution in [1.29, 1.82) is 0 Å². The summed E-state index contributed by atoms with van der Waals surface area (Å²) in [6, 6.07) is 13.7. The minimum Gasteiger partial charge on any atom is -0.496 e. The molecule has 0 aliphatic heterocycles. The van der Waals surface area contributed by atoms with Crippen LogP contribution in [0, 0.1) is 0 Å². The fourth-order valence-electron chi connectivity index (χ4n) is 2.29. The quantitative estimate of drug-likeness (QED) is 0.871. The van der Waals surface area contributed by atoms with E-state index in [0.717, 1.165) is 22.8 Å². The molecule has 112 valence electrons. The summed E-state index contributed by atoms with van der Waals surface area (Å²) in [7, 11) is 1.64. The molecule has 2 aromatic rings. The molecule has 0 bridgehead atoms. The van der Waals surface area contributed by atoms with Gasteiger partial charge in [0.15, 0.2) is 0 Å². The van der Waals surface area contributed by atoms with Crippen molar-refractivity contribution in [2.45, 2.75) is 32.7 Å². The lowest BCUT2D eigenvalue weighted by Gasteiger charge is -2.17. The van der Waals surface area contributed by atoms with Gasteiger partial charge < -0.3 is 15.2 Å². The van der Waals surface area contributed by atoms with E-state index in [1.54, 1.807) is 7.11 Å². The van der Waals surface area contributed by atoms with Crippen molar-refractivity contribution in [3.63, 3.8) is 0 Å². The van der Waals surface area contributed by atoms with Gasteiger partial charge in [-0.15, -0.1) is 0 Å². The second-order valence-corrected chi connectivity index (χ2v) is 5.49. The molecule has 3 nitrogen and oxygen atoms in total. The lowest BCUT2D eigenvalue weighted by molar-refractivity contribution is 0.397. The predicted octanol–water partition coefficient (Wildman–Crippen LogP) is 4.63. The average molecular weight is 285 g/mol. The van der Waals surface area contributed by atoms with E-state index in [2.05, 4.69) is 26.0 Å². The fourth-order valence-corrected chi connectivity index (χ4v) is 2.29. The number of hydrogen-bond donors (Lipinski definition) is 1. The van der Waals surface area contributed by atoms with Gasteiger partial charge in [-0.25, -0.2) is 0 Å². The van der Waals surface area contributed by atoms with Gasteiger partial charge in [-0.3, -0.25) is 0 Å². The molecule has 0 aromatic heterocycles. The van der Waals surface area contributed by atoms with Crippen molar-refractivity contribution in [2.24, 2.45) is 5.73 Å². The lowest BCUT2D eigenvalue weighted by Crippen LogP contribution is -2.08. The van der Waals surface area contributed by atoms with Gasteiger partial charge in [0.2, 0.25) is 0 Å². The highest BCUT2D eigenvalue weighted by Gasteiger charge is 2.15. The van der Waals surface area contributed by atoms with Crippen molar-refractivity contribution < 1.29 is 9.47 Å². The lowest BCUT2D eigenvalue weighted by atomic mass is 10.0. The van der Waals surface area contributed by atoms with Crippen molar-refractivity contribution >= 4 is 0 Å². The van der Waals surface area contributed by atoms with Gasteiger partial charge in [0.1, 0.15) is 17.2 Å². The Morgan fingerprint density at radius 2 is 1.52 bits per heavy atom. The highest BCUT2D eigenvalue weighted by molar-refractivity contribution is 5.48. The van der Waals surface area contributed by atoms with Crippen molar-refractivity contribution in [3.8, 4) is 17.2 Å². The molecule has 0 aliphatic rings. The molecule has 0 heterocycles. The van der Waals surface area contributed by atoms with Gasteiger partial charge in [-0.05, 0) is 42.7 Å². The first-order chi connectivity index (χ1) is 10.0. The van der Waals surface area contributed by atoms with E-state index in [-0.39, 0.29) is 6.04 Å². The van der Waals surface area contributed by atoms with Crippen LogP contribution in [0.2, 0.25) is 0 Å². The normalized spacial score (nSPS) is 12.3. The molecule has 1 atom stereocenters. The van der Waals surface area contributed by atoms with Gasteiger partial charge in [0.05, 0.1) is 12.7 Å². The van der Waals surface area contributed by atoms with Crippen LogP contribution in [0.4, 0.5) is 0 Å². The maximum atomic E-state index is 6.05. The summed E-state index contributed by atoms with van der Waals surface area (Å²) in [4.78, 5) is 0. The summed E-state index contributed by atoms with van der Waals surface area (Å²) in [5.41, 5.74) is 8.22. The first-order valence-electron chi connectivity index (χ1n) is 7.23. The number of rotatable bonds is 5. The third kappa shape index (κ3) is 3.56. The molecule has 0 spiro atoms. The molecule has 0 aliphatic carbocycles. The maximum Gasteiger partial charge on any atom is 0.135 e. The number of methoxy groups -OCH3 is 1. The third-order valence-electron chi connectivity index (χ3n) is 3.48. The van der Waals surface area contributed by atoms with Crippen molar-refractivity contribution in [2.75, 3.05) is 7.11 Å². The summed E-state index contributed by atoms with van der Waals surface area (Å²) in [5, 5.41) is 0. The minimum atomic E-state index is -0.161. The van der Waals surface area contributed by atoms with E-state index >= 15 is 0 Å². The zero-order chi connectivity index (χ0) is 15.4. The van der Waals surface area contributed by atoms with Crippen LogP contribution in [0.5, 0.6) is 17.2 Å². The van der Waals surface area contributed by atoms with Crippen LogP contribution in [-0.2, 0) is 0 Å². The van der Waals surface area contributed by atoms with Crippen LogP contribution in [0.3, 0.4) is 0 Å². The highest BCUT2D eigenvalue weighted by atomic mass is 16.5. The Bertz CT molecular complexity index is 589. The minimum absolute atomic E-state index is 0.161. The zero-order valence-corrected chi connectivity index (χ0v) is 13.1. The molecule has 0 saturated carbocycles. The standard InChI is InChI=1S/C18H23NO2/c1-12(2)14-8-10-15(11-9-14)21-17-7-5-6-16(20-4)18(17)13(3)19/h5-13H,19H2,1-4H3/t13-/m1/s1. The molecule has 2 aromatic carbocycles. The number of hydrogen-bond acceptors (Lipinski definition) is 3. The molecule has 0 fully saturated rings. The Balaban J connectivity index is 2.30. The molecule has 0 unspecified atom stereocenters. The van der Waals surface area contributed by atoms with Crippen molar-refractivity contribution in [3.05, 3.63) is 53.6 Å². The van der Waals surface area contributed by atoms with Crippen LogP contribution in [-0.4, -0.2) is 7.11 Å². The molecule has 0 amide bonds. The summed E-state index contributed by atoms with van der Waals surface area (Å²) in [5.74, 6) is 2.80. The summed E-state index contributed by atoms with van der Waals surface area (Å²) >= 11 is 0. The Morgan fingerprint density at radius 1 is 0.905 bits per heavy atom. The first-order valence-corrected chi connectivity index (χ1v) is 7.23. The molecule has 21 heavy (non-hydrogen) atoms. The topological polar surface area (TPSA) is 44.5 Å². The van der Waals surface area contributed by atoms with Gasteiger partial charge >= 0.3 is 0 Å². The molecule has 2 N–H and O–H groups in total. The number of nitrogens with two attached hydrogens (primary N) is 1. The van der Waals surface area contributed by atoms with Gasteiger partial charge in [0, 0.05) is 6.04 Å². The van der Waals surface area contributed by atoms with E-state index in [0.29, 0.717) is 5.92 Å². The van der Waals surface area contributed by atoms with Gasteiger partial charge in [-0.1, -0.05) is 32.0 Å². The fraction of sp³-hybridized carbons (Fsp3) is 0.333. The number of benzene rings is 2. The van der Waals surface area contributed by atoms with E-state index in [9.17, 15) is 0 Å². The SMILES string of the molecule is COc1cccc(Oc2ccc(C(C)C)cc2)c1[C@@H](C)N. The molecular formula is C18H23NO2. The number of ether oxygens (including phenoxy) is 2. The van der Waals surface area contributed by atoms with Crippen molar-refractivity contribution in [1.82, 2.24) is 0 Å². The van der Waals surface area contributed by atoms with Crippen LogP contribution >= 0.6 is 0 Å². The summed E-state index contributed by atoms with van der Waals surface area (Å²) < 4.78 is 11.4. The average Bonchev–Trinajstić information content (AvgIpc) is 2.47. The summed E-state index contributed by atoms with van der Waals surface area (Å²) in [6.07, 6.45) is 0. The van der Waals surface area contributed by atoms with Gasteiger partial charge in [-0.2, -0.15) is 0 Å². The van der Waals surface area contributed by atoms with Crippen LogP contribution < -0.4 is 15.2 Å². The smallest absolute Gasteiger partial charge is 0.135 e.